The van der Waals surface area contributed by atoms with Gasteiger partial charge in [0.15, 0.2) is 0 Å². The highest BCUT2D eigenvalue weighted by atomic mass is 16.1. The maximum Gasteiger partial charge on any atom is 0.225 e. The van der Waals surface area contributed by atoms with Crippen LogP contribution >= 0.6 is 0 Å². The number of nitrogens with one attached hydrogen (secondary N) is 1. The minimum absolute atomic E-state index is 0.166. The number of carbonyl (C=O) groups excluding carboxylic acids is 1. The Morgan fingerprint density at radius 1 is 1.12 bits per heavy atom. The Balaban J connectivity index is 1.44. The van der Waals surface area contributed by atoms with Crippen LogP contribution in [0.5, 0.6) is 0 Å². The molecule has 2 heterocycles. The van der Waals surface area contributed by atoms with E-state index in [1.165, 1.54) is 22.3 Å². The molecule has 2 aromatic rings. The topological polar surface area (TPSA) is 32.3 Å². The quantitative estimate of drug-likeness (QED) is 0.920. The molecule has 2 aliphatic heterocycles. The lowest BCUT2D eigenvalue weighted by Gasteiger charge is -2.45. The number of hydrogen-bond donors (Lipinski definition) is 1. The normalized spacial score (nSPS) is 19.5. The zero-order valence-corrected chi connectivity index (χ0v) is 15.4. The third-order valence-corrected chi connectivity index (χ3v) is 5.69. The second-order valence-corrected chi connectivity index (χ2v) is 7.58. The second kappa shape index (κ2) is 7.08. The van der Waals surface area contributed by atoms with Gasteiger partial charge in [0.05, 0.1) is 12.0 Å². The maximum absolute atomic E-state index is 12.3. The van der Waals surface area contributed by atoms with Crippen LogP contribution in [0.2, 0.25) is 0 Å². The van der Waals surface area contributed by atoms with Crippen LogP contribution in [0.4, 0.5) is 0 Å². The number of hydrogen-bond acceptors (Lipinski definition) is 2. The average Bonchev–Trinajstić information content (AvgIpc) is 2.65. The van der Waals surface area contributed by atoms with E-state index in [9.17, 15) is 4.79 Å². The van der Waals surface area contributed by atoms with Gasteiger partial charge in [0.1, 0.15) is 0 Å². The number of benzene rings is 2. The van der Waals surface area contributed by atoms with Crippen LogP contribution < -0.4 is 5.32 Å². The Hall–Kier alpha value is -2.39. The molecule has 0 aliphatic carbocycles. The van der Waals surface area contributed by atoms with Gasteiger partial charge in [-0.05, 0) is 36.5 Å². The molecule has 4 rings (SSSR count). The minimum Gasteiger partial charge on any atom is -0.346 e. The lowest BCUT2D eigenvalue weighted by molar-refractivity contribution is -0.124. The van der Waals surface area contributed by atoms with E-state index in [1.807, 2.05) is 6.07 Å². The summed E-state index contributed by atoms with van der Waals surface area (Å²) in [6, 6.07) is 17.0. The minimum atomic E-state index is -0.170. The number of rotatable bonds is 3. The molecule has 1 amide bonds. The zero-order chi connectivity index (χ0) is 18.0. The van der Waals surface area contributed by atoms with Gasteiger partial charge < -0.3 is 5.32 Å². The molecule has 0 unspecified atom stereocenters. The Labute approximate surface area is 155 Å². The third kappa shape index (κ3) is 3.45. The number of fused-ring (bicyclic) bond motifs is 2. The first-order valence-electron chi connectivity index (χ1n) is 9.50. The number of nitrogens with zero attached hydrogens (tertiary/aromatic N) is 1. The van der Waals surface area contributed by atoms with Gasteiger partial charge in [-0.25, -0.2) is 0 Å². The van der Waals surface area contributed by atoms with Crippen LogP contribution in [0.15, 0.2) is 54.6 Å². The highest BCUT2D eigenvalue weighted by molar-refractivity contribution is 5.82. The standard InChI is InChI=1S/C23H26N2O/c1-18-9-10-20-17-22(26)24-23(21(20)16-18)11-14-25(15-12-23)13-5-8-19-6-3-2-4-7-19/h2-10,16H,11-15,17H2,1H3,(H,24,26)/b8-5-. The summed E-state index contributed by atoms with van der Waals surface area (Å²) >= 11 is 0. The lowest BCUT2D eigenvalue weighted by atomic mass is 9.75. The van der Waals surface area contributed by atoms with Crippen LogP contribution in [-0.4, -0.2) is 30.4 Å². The fraction of sp³-hybridized carbons (Fsp3) is 0.348. The van der Waals surface area contributed by atoms with Crippen LogP contribution in [0.3, 0.4) is 0 Å². The number of amides is 1. The van der Waals surface area contributed by atoms with Gasteiger partial charge in [-0.3, -0.25) is 9.69 Å². The van der Waals surface area contributed by atoms with Gasteiger partial charge in [-0.1, -0.05) is 66.2 Å². The van der Waals surface area contributed by atoms with E-state index in [1.54, 1.807) is 0 Å². The van der Waals surface area contributed by atoms with Crippen molar-refractivity contribution in [1.82, 2.24) is 10.2 Å². The molecule has 1 fully saturated rings. The zero-order valence-electron chi connectivity index (χ0n) is 15.4. The highest BCUT2D eigenvalue weighted by Crippen LogP contribution is 2.38. The number of carbonyl (C=O) groups is 1. The monoisotopic (exact) mass is 346 g/mol. The Morgan fingerprint density at radius 2 is 1.88 bits per heavy atom. The predicted octanol–water partition coefficient (Wildman–Crippen LogP) is 3.67. The highest BCUT2D eigenvalue weighted by Gasteiger charge is 2.41. The molecule has 2 aromatic carbocycles. The molecule has 0 atom stereocenters. The van der Waals surface area contributed by atoms with Gasteiger partial charge in [-0.15, -0.1) is 0 Å². The van der Waals surface area contributed by atoms with Crippen LogP contribution in [-0.2, 0) is 16.8 Å². The molecular weight excluding hydrogens is 320 g/mol. The van der Waals surface area contributed by atoms with E-state index < -0.39 is 0 Å². The smallest absolute Gasteiger partial charge is 0.225 e. The van der Waals surface area contributed by atoms with Crippen molar-refractivity contribution in [2.75, 3.05) is 19.6 Å². The molecule has 3 nitrogen and oxygen atoms in total. The number of piperidine rings is 1. The molecular formula is C23H26N2O. The Bertz CT molecular complexity index is 817. The summed E-state index contributed by atoms with van der Waals surface area (Å²) in [5, 5.41) is 3.33. The first kappa shape index (κ1) is 17.0. The summed E-state index contributed by atoms with van der Waals surface area (Å²) in [5.41, 5.74) is 4.89. The van der Waals surface area contributed by atoms with Crippen molar-refractivity contribution in [3.63, 3.8) is 0 Å². The van der Waals surface area contributed by atoms with Gasteiger partial charge >= 0.3 is 0 Å². The molecule has 1 N–H and O–H groups in total. The molecule has 134 valence electrons. The summed E-state index contributed by atoms with van der Waals surface area (Å²) in [6.45, 7) is 5.10. The molecule has 0 bridgehead atoms. The average molecular weight is 346 g/mol. The van der Waals surface area contributed by atoms with Crippen LogP contribution in [0.25, 0.3) is 6.08 Å². The van der Waals surface area contributed by atoms with Crippen molar-refractivity contribution in [1.29, 1.82) is 0 Å². The van der Waals surface area contributed by atoms with Gasteiger partial charge in [-0.2, -0.15) is 0 Å². The SMILES string of the molecule is Cc1ccc2c(c1)C1(CCN(C/C=C\c3ccccc3)CC1)NC(=O)C2. The summed E-state index contributed by atoms with van der Waals surface area (Å²) in [5.74, 6) is 0.166. The van der Waals surface area contributed by atoms with Crippen molar-refractivity contribution in [2.45, 2.75) is 31.7 Å². The van der Waals surface area contributed by atoms with E-state index in [-0.39, 0.29) is 11.4 Å². The summed E-state index contributed by atoms with van der Waals surface area (Å²) in [7, 11) is 0. The molecule has 0 saturated carbocycles. The fourth-order valence-electron chi connectivity index (χ4n) is 4.25. The molecule has 2 aliphatic rings. The predicted molar refractivity (Wildman–Crippen MR) is 106 cm³/mol. The molecule has 0 radical (unpaired) electrons. The van der Waals surface area contributed by atoms with Crippen LogP contribution in [0.1, 0.15) is 35.1 Å². The summed E-state index contributed by atoms with van der Waals surface area (Å²) in [6.07, 6.45) is 6.90. The molecule has 1 saturated heterocycles. The number of aryl methyl sites for hydroxylation is 1. The van der Waals surface area contributed by atoms with Crippen molar-refractivity contribution in [3.8, 4) is 0 Å². The molecule has 0 aromatic heterocycles. The van der Waals surface area contributed by atoms with E-state index >= 15 is 0 Å². The van der Waals surface area contributed by atoms with E-state index in [0.29, 0.717) is 6.42 Å². The molecule has 3 heteroatoms. The molecule has 1 spiro atoms. The van der Waals surface area contributed by atoms with Crippen molar-refractivity contribution < 1.29 is 4.79 Å². The van der Waals surface area contributed by atoms with Crippen LogP contribution in [0, 0.1) is 6.92 Å². The van der Waals surface area contributed by atoms with Crippen molar-refractivity contribution in [3.05, 3.63) is 76.9 Å². The van der Waals surface area contributed by atoms with Gasteiger partial charge in [0.2, 0.25) is 5.91 Å². The van der Waals surface area contributed by atoms with E-state index in [0.717, 1.165) is 32.5 Å². The van der Waals surface area contributed by atoms with Gasteiger partial charge in [0.25, 0.3) is 0 Å². The fourth-order valence-corrected chi connectivity index (χ4v) is 4.25. The third-order valence-electron chi connectivity index (χ3n) is 5.69. The summed E-state index contributed by atoms with van der Waals surface area (Å²) in [4.78, 5) is 14.7. The first-order valence-corrected chi connectivity index (χ1v) is 9.50. The van der Waals surface area contributed by atoms with Gasteiger partial charge in [0, 0.05) is 19.6 Å². The first-order chi connectivity index (χ1) is 12.6. The largest absolute Gasteiger partial charge is 0.346 e. The number of likely N-dealkylation sites (tertiary alicyclic amines) is 1. The van der Waals surface area contributed by atoms with E-state index in [4.69, 9.17) is 0 Å². The molecule has 26 heavy (non-hydrogen) atoms. The summed E-state index contributed by atoms with van der Waals surface area (Å²) < 4.78 is 0. The Kier molecular flexibility index (Phi) is 4.64. The second-order valence-electron chi connectivity index (χ2n) is 7.58. The van der Waals surface area contributed by atoms with Crippen molar-refractivity contribution in [2.24, 2.45) is 0 Å². The Morgan fingerprint density at radius 3 is 2.65 bits per heavy atom. The van der Waals surface area contributed by atoms with Crippen molar-refractivity contribution >= 4 is 12.0 Å². The maximum atomic E-state index is 12.3. The lowest BCUT2D eigenvalue weighted by Crippen LogP contribution is -2.56. The van der Waals surface area contributed by atoms with E-state index in [2.05, 4.69) is 71.8 Å².